The molecule has 0 heterocycles. The van der Waals surface area contributed by atoms with E-state index in [2.05, 4.69) is 31.9 Å². The number of hydrogen-bond acceptors (Lipinski definition) is 2. The van der Waals surface area contributed by atoms with Crippen LogP contribution in [0.1, 0.15) is 10.4 Å². The first kappa shape index (κ1) is 12.3. The molecule has 0 bridgehead atoms. The van der Waals surface area contributed by atoms with Gasteiger partial charge in [0, 0.05) is 14.5 Å². The van der Waals surface area contributed by atoms with Gasteiger partial charge in [0.25, 0.3) is 0 Å². The van der Waals surface area contributed by atoms with Gasteiger partial charge in [-0.2, -0.15) is 0 Å². The summed E-state index contributed by atoms with van der Waals surface area (Å²) in [5, 5.41) is 0. The van der Waals surface area contributed by atoms with E-state index in [9.17, 15) is 4.79 Å². The van der Waals surface area contributed by atoms with Crippen LogP contribution in [-0.2, 0) is 0 Å². The minimum Gasteiger partial charge on any atom is -0.457 e. The molecule has 0 amide bonds. The highest BCUT2D eigenvalue weighted by atomic mass is 79.9. The van der Waals surface area contributed by atoms with Gasteiger partial charge in [0.05, 0.1) is 0 Å². The molecule has 0 atom stereocenters. The van der Waals surface area contributed by atoms with Gasteiger partial charge in [-0.05, 0) is 52.3 Å². The summed E-state index contributed by atoms with van der Waals surface area (Å²) in [6.07, 6.45) is 0.799. The van der Waals surface area contributed by atoms with Gasteiger partial charge in [-0.3, -0.25) is 4.79 Å². The van der Waals surface area contributed by atoms with Gasteiger partial charge in [0.1, 0.15) is 11.5 Å². The number of rotatable bonds is 3. The zero-order valence-electron chi connectivity index (χ0n) is 8.69. The summed E-state index contributed by atoms with van der Waals surface area (Å²) >= 11 is 6.69. The van der Waals surface area contributed by atoms with Crippen LogP contribution in [0.25, 0.3) is 0 Å². The second kappa shape index (κ2) is 5.47. The van der Waals surface area contributed by atoms with E-state index in [-0.39, 0.29) is 0 Å². The quantitative estimate of drug-likeness (QED) is 0.738. The molecule has 2 rings (SSSR count). The number of benzene rings is 2. The van der Waals surface area contributed by atoms with Gasteiger partial charge in [-0.25, -0.2) is 0 Å². The predicted molar refractivity (Wildman–Crippen MR) is 73.7 cm³/mol. The maximum Gasteiger partial charge on any atom is 0.151 e. The highest BCUT2D eigenvalue weighted by molar-refractivity contribution is 9.10. The van der Waals surface area contributed by atoms with Crippen LogP contribution in [0.15, 0.2) is 51.4 Å². The first-order valence-electron chi connectivity index (χ1n) is 4.87. The smallest absolute Gasteiger partial charge is 0.151 e. The van der Waals surface area contributed by atoms with E-state index < -0.39 is 0 Å². The lowest BCUT2D eigenvalue weighted by Crippen LogP contribution is -1.87. The third-order valence-electron chi connectivity index (χ3n) is 2.13. The molecular weight excluding hydrogens is 348 g/mol. The Balaban J connectivity index is 2.24. The highest BCUT2D eigenvalue weighted by Crippen LogP contribution is 2.27. The van der Waals surface area contributed by atoms with E-state index in [4.69, 9.17) is 4.74 Å². The maximum atomic E-state index is 10.7. The molecule has 2 nitrogen and oxygen atoms in total. The molecule has 4 heteroatoms. The molecule has 0 aliphatic rings. The Labute approximate surface area is 116 Å². The molecule has 0 saturated carbocycles. The Morgan fingerprint density at radius 1 is 1.00 bits per heavy atom. The van der Waals surface area contributed by atoms with Crippen LogP contribution >= 0.6 is 31.9 Å². The standard InChI is InChI=1S/C13H8Br2O2/c14-10-2-1-3-11(6-10)17-12-5-4-9(8-16)13(15)7-12/h1-8H. The molecule has 0 unspecified atom stereocenters. The van der Waals surface area contributed by atoms with Crippen LogP contribution in [0, 0.1) is 0 Å². The maximum absolute atomic E-state index is 10.7. The summed E-state index contributed by atoms with van der Waals surface area (Å²) in [6.45, 7) is 0. The lowest BCUT2D eigenvalue weighted by atomic mass is 10.2. The van der Waals surface area contributed by atoms with Gasteiger partial charge < -0.3 is 4.74 Å². The van der Waals surface area contributed by atoms with Crippen molar-refractivity contribution in [2.24, 2.45) is 0 Å². The van der Waals surface area contributed by atoms with Gasteiger partial charge >= 0.3 is 0 Å². The first-order chi connectivity index (χ1) is 8.19. The first-order valence-corrected chi connectivity index (χ1v) is 6.46. The average molecular weight is 356 g/mol. The van der Waals surface area contributed by atoms with E-state index in [1.165, 1.54) is 0 Å². The normalized spacial score (nSPS) is 10.0. The molecule has 0 aliphatic heterocycles. The van der Waals surface area contributed by atoms with Crippen molar-refractivity contribution in [3.05, 3.63) is 57.0 Å². The lowest BCUT2D eigenvalue weighted by Gasteiger charge is -2.07. The number of aldehydes is 1. The predicted octanol–water partition coefficient (Wildman–Crippen LogP) is 4.82. The van der Waals surface area contributed by atoms with Gasteiger partial charge in [0.15, 0.2) is 6.29 Å². The largest absolute Gasteiger partial charge is 0.457 e. The van der Waals surface area contributed by atoms with Crippen molar-refractivity contribution >= 4 is 38.1 Å². The van der Waals surface area contributed by atoms with Gasteiger partial charge in [0.2, 0.25) is 0 Å². The molecule has 0 spiro atoms. The molecule has 0 saturated heterocycles. The van der Waals surface area contributed by atoms with E-state index in [0.29, 0.717) is 11.3 Å². The van der Waals surface area contributed by atoms with Crippen molar-refractivity contribution in [1.29, 1.82) is 0 Å². The van der Waals surface area contributed by atoms with Crippen LogP contribution in [0.5, 0.6) is 11.5 Å². The zero-order valence-corrected chi connectivity index (χ0v) is 11.9. The Bertz CT molecular complexity index is 553. The number of hydrogen-bond donors (Lipinski definition) is 0. The second-order valence-corrected chi connectivity index (χ2v) is 5.13. The van der Waals surface area contributed by atoms with E-state index in [0.717, 1.165) is 21.0 Å². The molecule has 0 aromatic heterocycles. The second-order valence-electron chi connectivity index (χ2n) is 3.36. The van der Waals surface area contributed by atoms with E-state index >= 15 is 0 Å². The topological polar surface area (TPSA) is 26.3 Å². The van der Waals surface area contributed by atoms with Crippen molar-refractivity contribution in [2.45, 2.75) is 0 Å². The molecule has 17 heavy (non-hydrogen) atoms. The summed E-state index contributed by atoms with van der Waals surface area (Å²) in [4.78, 5) is 10.7. The van der Waals surface area contributed by atoms with Crippen molar-refractivity contribution in [2.75, 3.05) is 0 Å². The average Bonchev–Trinajstić information content (AvgIpc) is 2.29. The molecule has 0 aliphatic carbocycles. The SMILES string of the molecule is O=Cc1ccc(Oc2cccc(Br)c2)cc1Br. The molecular formula is C13H8Br2O2. The Morgan fingerprint density at radius 3 is 2.41 bits per heavy atom. The molecule has 0 fully saturated rings. The fourth-order valence-electron chi connectivity index (χ4n) is 1.33. The summed E-state index contributed by atoms with van der Waals surface area (Å²) in [6, 6.07) is 12.8. The number of halogens is 2. The molecule has 2 aromatic rings. The molecule has 0 radical (unpaired) electrons. The van der Waals surface area contributed by atoms with Crippen LogP contribution in [0.4, 0.5) is 0 Å². The van der Waals surface area contributed by atoms with Crippen molar-refractivity contribution in [1.82, 2.24) is 0 Å². The Hall–Kier alpha value is -1.13. The number of ether oxygens (including phenoxy) is 1. The fourth-order valence-corrected chi connectivity index (χ4v) is 2.16. The Morgan fingerprint density at radius 2 is 1.76 bits per heavy atom. The van der Waals surface area contributed by atoms with Crippen molar-refractivity contribution < 1.29 is 9.53 Å². The van der Waals surface area contributed by atoms with E-state index in [1.807, 2.05) is 24.3 Å². The van der Waals surface area contributed by atoms with Crippen LogP contribution in [0.3, 0.4) is 0 Å². The zero-order chi connectivity index (χ0) is 12.3. The van der Waals surface area contributed by atoms with Gasteiger partial charge in [-0.15, -0.1) is 0 Å². The molecule has 0 N–H and O–H groups in total. The van der Waals surface area contributed by atoms with Crippen LogP contribution in [0.2, 0.25) is 0 Å². The summed E-state index contributed by atoms with van der Waals surface area (Å²) in [5.74, 6) is 1.42. The van der Waals surface area contributed by atoms with Crippen molar-refractivity contribution in [3.63, 3.8) is 0 Å². The summed E-state index contributed by atoms with van der Waals surface area (Å²) in [7, 11) is 0. The number of carbonyl (C=O) groups excluding carboxylic acids is 1. The summed E-state index contributed by atoms with van der Waals surface area (Å²) in [5.41, 5.74) is 0.603. The third-order valence-corrected chi connectivity index (χ3v) is 3.31. The van der Waals surface area contributed by atoms with E-state index in [1.54, 1.807) is 18.2 Å². The summed E-state index contributed by atoms with van der Waals surface area (Å²) < 4.78 is 7.34. The van der Waals surface area contributed by atoms with Crippen molar-refractivity contribution in [3.8, 4) is 11.5 Å². The highest BCUT2D eigenvalue weighted by Gasteiger charge is 2.02. The van der Waals surface area contributed by atoms with Gasteiger partial charge in [-0.1, -0.05) is 22.0 Å². The number of carbonyl (C=O) groups is 1. The monoisotopic (exact) mass is 354 g/mol. The minimum absolute atomic E-state index is 0.603. The third kappa shape index (κ3) is 3.17. The molecule has 2 aromatic carbocycles. The van der Waals surface area contributed by atoms with Crippen LogP contribution in [-0.4, -0.2) is 6.29 Å². The molecule has 86 valence electrons. The minimum atomic E-state index is 0.603. The fraction of sp³-hybridized carbons (Fsp3) is 0. The Kier molecular flexibility index (Phi) is 3.97. The lowest BCUT2D eigenvalue weighted by molar-refractivity contribution is 0.112. The van der Waals surface area contributed by atoms with Crippen LogP contribution < -0.4 is 4.74 Å².